The minimum absolute atomic E-state index is 1.03. The molecule has 0 bridgehead atoms. The summed E-state index contributed by atoms with van der Waals surface area (Å²) in [5, 5.41) is 0. The van der Waals surface area contributed by atoms with Crippen molar-refractivity contribution in [1.82, 2.24) is 0 Å². The molecule has 0 heterocycles. The normalized spacial score (nSPS) is 12.6. The maximum Gasteiger partial charge on any atom is -0.0386 e. The van der Waals surface area contributed by atoms with Gasteiger partial charge < -0.3 is 0 Å². The molecule has 1 atom stereocenters. The molecule has 0 aromatic heterocycles. The minimum atomic E-state index is 1.03. The monoisotopic (exact) mass is 535 g/mol. The van der Waals surface area contributed by atoms with Gasteiger partial charge in [0.1, 0.15) is 0 Å². The van der Waals surface area contributed by atoms with E-state index in [1.54, 1.807) is 6.42 Å². The topological polar surface area (TPSA) is 0 Å². The van der Waals surface area contributed by atoms with E-state index in [2.05, 4.69) is 27.7 Å². The van der Waals surface area contributed by atoms with Gasteiger partial charge in [0.2, 0.25) is 0 Å². The Morgan fingerprint density at radius 1 is 0.211 bits per heavy atom. The molecule has 0 amide bonds. The van der Waals surface area contributed by atoms with Crippen LogP contribution in [0.15, 0.2) is 0 Å². The molecule has 38 heavy (non-hydrogen) atoms. The zero-order valence-corrected chi connectivity index (χ0v) is 27.8. The molecule has 0 rings (SSSR count). The second-order valence-electron chi connectivity index (χ2n) is 13.2. The average molecular weight is 535 g/mol. The molecule has 0 aliphatic carbocycles. The molecule has 0 saturated heterocycles. The summed E-state index contributed by atoms with van der Waals surface area (Å²) < 4.78 is 0. The molecule has 0 aliphatic rings. The van der Waals surface area contributed by atoms with Gasteiger partial charge in [0.15, 0.2) is 0 Å². The van der Waals surface area contributed by atoms with E-state index in [4.69, 9.17) is 0 Å². The lowest BCUT2D eigenvalue weighted by atomic mass is 9.78. The largest absolute Gasteiger partial charge is 0.0654 e. The first-order chi connectivity index (χ1) is 18.8. The number of rotatable bonds is 33. The van der Waals surface area contributed by atoms with E-state index in [0.717, 1.165) is 11.8 Å². The summed E-state index contributed by atoms with van der Waals surface area (Å²) >= 11 is 0. The van der Waals surface area contributed by atoms with Crippen LogP contribution < -0.4 is 0 Å². The second-order valence-corrected chi connectivity index (χ2v) is 13.2. The first-order valence-electron chi connectivity index (χ1n) is 18.8. The lowest BCUT2D eigenvalue weighted by Gasteiger charge is -2.28. The smallest absolute Gasteiger partial charge is 0.0386 e. The molecule has 0 aromatic carbocycles. The van der Waals surface area contributed by atoms with Gasteiger partial charge in [0.25, 0.3) is 0 Å². The lowest BCUT2D eigenvalue weighted by molar-refractivity contribution is 0.236. The van der Waals surface area contributed by atoms with Crippen LogP contribution >= 0.6 is 0 Å². The summed E-state index contributed by atoms with van der Waals surface area (Å²) in [6.45, 7) is 9.38. The van der Waals surface area contributed by atoms with E-state index >= 15 is 0 Å². The molecule has 0 aromatic rings. The third-order valence-electron chi connectivity index (χ3n) is 9.38. The fourth-order valence-corrected chi connectivity index (χ4v) is 6.69. The Kier molecular flexibility index (Phi) is 33.2. The molecule has 230 valence electrons. The summed E-state index contributed by atoms with van der Waals surface area (Å²) in [7, 11) is 0. The standard InChI is InChI=1S/C38H78/c1-5-9-13-17-19-20-21-22-23-24-25-26-28-32-36-38(35-31-27-18-14-10-6-2)37(33-29-15-11-7-3)34-30-16-12-8-4/h37-38H,5-36H2,1-4H3. The molecule has 0 fully saturated rings. The van der Waals surface area contributed by atoms with E-state index in [-0.39, 0.29) is 0 Å². The molecule has 0 heteroatoms. The number of hydrogen-bond donors (Lipinski definition) is 0. The van der Waals surface area contributed by atoms with Crippen molar-refractivity contribution in [2.24, 2.45) is 11.8 Å². The van der Waals surface area contributed by atoms with Gasteiger partial charge in [0.05, 0.1) is 0 Å². The summed E-state index contributed by atoms with van der Waals surface area (Å²) in [4.78, 5) is 0. The van der Waals surface area contributed by atoms with Gasteiger partial charge in [0, 0.05) is 0 Å². The van der Waals surface area contributed by atoms with Gasteiger partial charge in [-0.05, 0) is 11.8 Å². The van der Waals surface area contributed by atoms with Crippen molar-refractivity contribution in [3.05, 3.63) is 0 Å². The number of unbranched alkanes of at least 4 members (excludes halogenated alkanes) is 24. The zero-order chi connectivity index (χ0) is 27.8. The van der Waals surface area contributed by atoms with E-state index in [1.807, 2.05) is 0 Å². The molecule has 0 spiro atoms. The molecule has 0 saturated carbocycles. The predicted octanol–water partition coefficient (Wildman–Crippen LogP) is 14.8. The third kappa shape index (κ3) is 27.6. The molecule has 1 unspecified atom stereocenters. The lowest BCUT2D eigenvalue weighted by Crippen LogP contribution is -2.16. The van der Waals surface area contributed by atoms with Crippen molar-refractivity contribution in [3.63, 3.8) is 0 Å². The van der Waals surface area contributed by atoms with Gasteiger partial charge in [-0.1, -0.05) is 233 Å². The average Bonchev–Trinajstić information content (AvgIpc) is 2.93. The van der Waals surface area contributed by atoms with Crippen LogP contribution in [-0.4, -0.2) is 0 Å². The SMILES string of the molecule is CCCCCCCCCCCCCCCCC(CCCCCCCC)C(CCCCCC)CCCCCC. The summed E-state index contributed by atoms with van der Waals surface area (Å²) in [6.07, 6.45) is 47.2. The summed E-state index contributed by atoms with van der Waals surface area (Å²) in [5.74, 6) is 2.06. The van der Waals surface area contributed by atoms with Crippen molar-refractivity contribution in [3.8, 4) is 0 Å². The van der Waals surface area contributed by atoms with Crippen LogP contribution in [0, 0.1) is 11.8 Å². The molecule has 0 aliphatic heterocycles. The van der Waals surface area contributed by atoms with Gasteiger partial charge in [-0.3, -0.25) is 0 Å². The van der Waals surface area contributed by atoms with Crippen molar-refractivity contribution in [1.29, 1.82) is 0 Å². The van der Waals surface area contributed by atoms with Crippen LogP contribution in [0.25, 0.3) is 0 Å². The third-order valence-corrected chi connectivity index (χ3v) is 9.38. The van der Waals surface area contributed by atoms with E-state index in [1.165, 1.54) is 199 Å². The first kappa shape index (κ1) is 38.0. The van der Waals surface area contributed by atoms with Gasteiger partial charge in [-0.15, -0.1) is 0 Å². The van der Waals surface area contributed by atoms with Crippen LogP contribution in [0.3, 0.4) is 0 Å². The molecule has 0 N–H and O–H groups in total. The van der Waals surface area contributed by atoms with Crippen LogP contribution in [0.4, 0.5) is 0 Å². The van der Waals surface area contributed by atoms with Crippen molar-refractivity contribution < 1.29 is 0 Å². The van der Waals surface area contributed by atoms with Crippen LogP contribution in [0.1, 0.15) is 233 Å². The fourth-order valence-electron chi connectivity index (χ4n) is 6.69. The Morgan fingerprint density at radius 3 is 0.579 bits per heavy atom. The highest BCUT2D eigenvalue weighted by molar-refractivity contribution is 4.72. The Morgan fingerprint density at radius 2 is 0.368 bits per heavy atom. The fraction of sp³-hybridized carbons (Fsp3) is 1.00. The molecular formula is C38H78. The van der Waals surface area contributed by atoms with Crippen LogP contribution in [0.2, 0.25) is 0 Å². The highest BCUT2D eigenvalue weighted by Crippen LogP contribution is 2.33. The summed E-state index contributed by atoms with van der Waals surface area (Å²) in [5.41, 5.74) is 0. The maximum atomic E-state index is 2.36. The quantitative estimate of drug-likeness (QED) is 0.0734. The van der Waals surface area contributed by atoms with Gasteiger partial charge in [-0.2, -0.15) is 0 Å². The number of hydrogen-bond acceptors (Lipinski definition) is 0. The van der Waals surface area contributed by atoms with Crippen LogP contribution in [0.5, 0.6) is 0 Å². The van der Waals surface area contributed by atoms with Crippen molar-refractivity contribution in [2.75, 3.05) is 0 Å². The van der Waals surface area contributed by atoms with Crippen molar-refractivity contribution >= 4 is 0 Å². The molecule has 0 radical (unpaired) electrons. The predicted molar refractivity (Wildman–Crippen MR) is 177 cm³/mol. The minimum Gasteiger partial charge on any atom is -0.0654 e. The van der Waals surface area contributed by atoms with E-state index in [0.29, 0.717) is 0 Å². The Bertz CT molecular complexity index is 387. The van der Waals surface area contributed by atoms with Crippen molar-refractivity contribution in [2.45, 2.75) is 233 Å². The van der Waals surface area contributed by atoms with Crippen LogP contribution in [-0.2, 0) is 0 Å². The zero-order valence-electron chi connectivity index (χ0n) is 27.8. The Labute approximate surface area is 244 Å². The summed E-state index contributed by atoms with van der Waals surface area (Å²) in [6, 6.07) is 0. The van der Waals surface area contributed by atoms with Gasteiger partial charge in [-0.25, -0.2) is 0 Å². The van der Waals surface area contributed by atoms with Gasteiger partial charge >= 0.3 is 0 Å². The Hall–Kier alpha value is 0. The highest BCUT2D eigenvalue weighted by atomic mass is 14.3. The van der Waals surface area contributed by atoms with E-state index < -0.39 is 0 Å². The molecule has 0 nitrogen and oxygen atoms in total. The molecular weight excluding hydrogens is 456 g/mol. The highest BCUT2D eigenvalue weighted by Gasteiger charge is 2.20. The Balaban J connectivity index is 4.30. The first-order valence-corrected chi connectivity index (χ1v) is 18.8. The van der Waals surface area contributed by atoms with E-state index in [9.17, 15) is 0 Å². The maximum absolute atomic E-state index is 2.36. The second kappa shape index (κ2) is 33.2.